The van der Waals surface area contributed by atoms with Crippen molar-refractivity contribution in [2.24, 2.45) is 0 Å². The van der Waals surface area contributed by atoms with Crippen LogP contribution in [-0.2, 0) is 4.79 Å². The molecule has 2 aliphatic heterocycles. The Bertz CT molecular complexity index is 766. The summed E-state index contributed by atoms with van der Waals surface area (Å²) in [5.74, 6) is -2.76. The smallest absolute Gasteiger partial charge is 0.475 e. The van der Waals surface area contributed by atoms with E-state index >= 15 is 0 Å². The van der Waals surface area contributed by atoms with Crippen LogP contribution in [0.2, 0.25) is 5.15 Å². The fourth-order valence-electron chi connectivity index (χ4n) is 3.17. The summed E-state index contributed by atoms with van der Waals surface area (Å²) in [6, 6.07) is 1.69. The topological polar surface area (TPSA) is 92.9 Å². The van der Waals surface area contributed by atoms with E-state index in [2.05, 4.69) is 24.8 Å². The number of aliphatic carboxylic acids is 1. The van der Waals surface area contributed by atoms with Gasteiger partial charge in [-0.05, 0) is 19.3 Å². The molecule has 130 valence electrons. The lowest BCUT2D eigenvalue weighted by Gasteiger charge is -2.21. The summed E-state index contributed by atoms with van der Waals surface area (Å²) in [6.45, 7) is 0. The molecule has 1 unspecified atom stereocenters. The Balaban J connectivity index is 0.000000209. The molecule has 2 fully saturated rings. The average molecular weight is 364 g/mol. The number of halogens is 4. The van der Waals surface area contributed by atoms with Crippen LogP contribution in [0.25, 0.3) is 11.2 Å². The van der Waals surface area contributed by atoms with Crippen LogP contribution in [0.3, 0.4) is 0 Å². The molecule has 0 radical (unpaired) electrons. The molecule has 2 aromatic heterocycles. The number of alkyl halides is 3. The third-order valence-corrected chi connectivity index (χ3v) is 4.46. The number of nitrogens with one attached hydrogen (secondary N) is 1. The highest BCUT2D eigenvalue weighted by Gasteiger charge is 2.40. The highest BCUT2D eigenvalue weighted by molar-refractivity contribution is 6.33. The molecule has 7 nitrogen and oxygen atoms in total. The number of imidazole rings is 1. The van der Waals surface area contributed by atoms with E-state index in [9.17, 15) is 13.2 Å². The van der Waals surface area contributed by atoms with E-state index in [-0.39, 0.29) is 0 Å². The monoisotopic (exact) mass is 363 g/mol. The predicted molar refractivity (Wildman–Crippen MR) is 77.6 cm³/mol. The van der Waals surface area contributed by atoms with E-state index in [0.29, 0.717) is 28.8 Å². The van der Waals surface area contributed by atoms with Crippen molar-refractivity contribution in [2.45, 2.75) is 43.6 Å². The van der Waals surface area contributed by atoms with Crippen molar-refractivity contribution in [2.75, 3.05) is 0 Å². The lowest BCUT2D eigenvalue weighted by Crippen LogP contribution is -2.25. The van der Waals surface area contributed by atoms with Gasteiger partial charge in [-0.3, -0.25) is 0 Å². The summed E-state index contributed by atoms with van der Waals surface area (Å²) in [6.07, 6.45) is 1.97. The van der Waals surface area contributed by atoms with E-state index in [1.165, 1.54) is 19.2 Å². The van der Waals surface area contributed by atoms with Crippen LogP contribution in [0.1, 0.15) is 25.3 Å². The highest BCUT2D eigenvalue weighted by atomic mass is 35.5. The summed E-state index contributed by atoms with van der Waals surface area (Å²) < 4.78 is 33.9. The van der Waals surface area contributed by atoms with E-state index < -0.39 is 12.1 Å². The molecule has 2 N–H and O–H groups in total. The second-order valence-corrected chi connectivity index (χ2v) is 6.00. The standard InChI is InChI=1S/C11H12ClN5.C2HF3O2/c12-10-9-11(14-4-13-10)17(5-15-9)8-3-6-1-2-7(8)16-6;3-2(4,5)1(6)7/h4-8,16H,1-3H2;(H,6,7)/t6-,7+,8?;/m0./s1. The molecule has 24 heavy (non-hydrogen) atoms. The molecule has 0 aromatic carbocycles. The number of carboxylic acid groups (broad SMARTS) is 1. The first-order chi connectivity index (χ1) is 11.3. The maximum atomic E-state index is 10.6. The molecule has 0 aliphatic carbocycles. The summed E-state index contributed by atoms with van der Waals surface area (Å²) in [5.41, 5.74) is 1.56. The number of aromatic nitrogens is 4. The fraction of sp³-hybridized carbons (Fsp3) is 0.538. The summed E-state index contributed by atoms with van der Waals surface area (Å²) >= 11 is 6.01. The van der Waals surface area contributed by atoms with Gasteiger partial charge in [-0.2, -0.15) is 13.2 Å². The SMILES string of the molecule is Clc1ncnc2c1ncn2C1C[C@@H]2CC[C@H]1N2.O=C(O)C(F)(F)F. The molecule has 0 spiro atoms. The minimum Gasteiger partial charge on any atom is -0.475 e. The van der Waals surface area contributed by atoms with Crippen LogP contribution in [0, 0.1) is 0 Å². The lowest BCUT2D eigenvalue weighted by molar-refractivity contribution is -0.192. The van der Waals surface area contributed by atoms with Crippen molar-refractivity contribution in [3.05, 3.63) is 17.8 Å². The average Bonchev–Trinajstić information content (AvgIpc) is 3.21. The largest absolute Gasteiger partial charge is 0.490 e. The second kappa shape index (κ2) is 6.17. The van der Waals surface area contributed by atoms with Gasteiger partial charge in [-0.15, -0.1) is 0 Å². The van der Waals surface area contributed by atoms with Gasteiger partial charge in [0.2, 0.25) is 0 Å². The van der Waals surface area contributed by atoms with Gasteiger partial charge in [-0.25, -0.2) is 19.7 Å². The van der Waals surface area contributed by atoms with Crippen molar-refractivity contribution >= 4 is 28.7 Å². The normalized spacial score (nSPS) is 25.6. The number of nitrogens with zero attached hydrogens (tertiary/aromatic N) is 4. The van der Waals surface area contributed by atoms with Crippen LogP contribution in [0.4, 0.5) is 13.2 Å². The summed E-state index contributed by atoms with van der Waals surface area (Å²) in [7, 11) is 0. The number of carbonyl (C=O) groups is 1. The Morgan fingerprint density at radius 1 is 1.33 bits per heavy atom. The second-order valence-electron chi connectivity index (χ2n) is 5.64. The van der Waals surface area contributed by atoms with Crippen molar-refractivity contribution < 1.29 is 23.1 Å². The molecule has 11 heteroatoms. The Kier molecular flexibility index (Phi) is 4.35. The fourth-order valence-corrected chi connectivity index (χ4v) is 3.35. The van der Waals surface area contributed by atoms with E-state index in [1.807, 2.05) is 6.33 Å². The third-order valence-electron chi connectivity index (χ3n) is 4.18. The van der Waals surface area contributed by atoms with E-state index in [0.717, 1.165) is 12.1 Å². The Morgan fingerprint density at radius 3 is 2.58 bits per heavy atom. The zero-order chi connectivity index (χ0) is 17.5. The molecule has 2 bridgehead atoms. The number of carboxylic acids is 1. The van der Waals surface area contributed by atoms with Gasteiger partial charge in [0.1, 0.15) is 11.8 Å². The zero-order valence-electron chi connectivity index (χ0n) is 12.2. The van der Waals surface area contributed by atoms with E-state index in [4.69, 9.17) is 21.5 Å². The quantitative estimate of drug-likeness (QED) is 0.754. The first-order valence-electron chi connectivity index (χ1n) is 7.16. The third kappa shape index (κ3) is 3.16. The Morgan fingerprint density at radius 2 is 2.04 bits per heavy atom. The van der Waals surface area contributed by atoms with Crippen molar-refractivity contribution in [3.8, 4) is 0 Å². The van der Waals surface area contributed by atoms with Gasteiger partial charge >= 0.3 is 12.1 Å². The van der Waals surface area contributed by atoms with E-state index in [1.54, 1.807) is 0 Å². The molecular formula is C13H13ClF3N5O2. The number of fused-ring (bicyclic) bond motifs is 3. The maximum Gasteiger partial charge on any atom is 0.490 e. The van der Waals surface area contributed by atoms with Crippen LogP contribution < -0.4 is 5.32 Å². The molecule has 0 saturated carbocycles. The molecule has 0 amide bonds. The van der Waals surface area contributed by atoms with Crippen LogP contribution in [0.15, 0.2) is 12.7 Å². The van der Waals surface area contributed by atoms with Gasteiger partial charge in [0.05, 0.1) is 12.4 Å². The van der Waals surface area contributed by atoms with Crippen LogP contribution in [0.5, 0.6) is 0 Å². The minimum atomic E-state index is -5.08. The Labute approximate surface area is 138 Å². The molecule has 2 saturated heterocycles. The maximum absolute atomic E-state index is 10.6. The minimum absolute atomic E-state index is 0.435. The van der Waals surface area contributed by atoms with Crippen molar-refractivity contribution in [1.82, 2.24) is 24.8 Å². The molecule has 2 aliphatic rings. The summed E-state index contributed by atoms with van der Waals surface area (Å²) in [5, 5.41) is 11.2. The van der Waals surface area contributed by atoms with Crippen molar-refractivity contribution in [1.29, 1.82) is 0 Å². The molecule has 4 heterocycles. The molecular weight excluding hydrogens is 351 g/mol. The molecule has 2 aromatic rings. The lowest BCUT2D eigenvalue weighted by atomic mass is 9.95. The van der Waals surface area contributed by atoms with Gasteiger partial charge in [0.15, 0.2) is 10.8 Å². The van der Waals surface area contributed by atoms with Gasteiger partial charge in [0.25, 0.3) is 0 Å². The number of hydrogen-bond acceptors (Lipinski definition) is 5. The number of rotatable bonds is 1. The first-order valence-corrected chi connectivity index (χ1v) is 7.54. The highest BCUT2D eigenvalue weighted by Crippen LogP contribution is 2.37. The predicted octanol–water partition coefficient (Wildman–Crippen LogP) is 2.18. The van der Waals surface area contributed by atoms with Gasteiger partial charge in [0, 0.05) is 12.1 Å². The zero-order valence-corrected chi connectivity index (χ0v) is 12.9. The van der Waals surface area contributed by atoms with Crippen LogP contribution >= 0.6 is 11.6 Å². The number of hydrogen-bond donors (Lipinski definition) is 2. The molecule has 3 atom stereocenters. The van der Waals surface area contributed by atoms with Crippen LogP contribution in [-0.4, -0.2) is 48.9 Å². The van der Waals surface area contributed by atoms with Crippen molar-refractivity contribution in [3.63, 3.8) is 0 Å². The Hall–Kier alpha value is -1.94. The van der Waals surface area contributed by atoms with Gasteiger partial charge < -0.3 is 15.0 Å². The van der Waals surface area contributed by atoms with Gasteiger partial charge in [-0.1, -0.05) is 11.6 Å². The molecule has 4 rings (SSSR count). The summed E-state index contributed by atoms with van der Waals surface area (Å²) in [4.78, 5) is 21.5. The first kappa shape index (κ1) is 16.9.